The largest absolute Gasteiger partial charge is 0.378 e. The maximum atomic E-state index is 5.59. The van der Waals surface area contributed by atoms with Gasteiger partial charge in [-0.2, -0.15) is 0 Å². The Hall–Kier alpha value is -0.0800. The van der Waals surface area contributed by atoms with Gasteiger partial charge in [0.25, 0.3) is 0 Å². The summed E-state index contributed by atoms with van der Waals surface area (Å²) >= 11 is 0. The molecule has 0 aromatic rings. The van der Waals surface area contributed by atoms with E-state index >= 15 is 0 Å². The fraction of sp³-hybridized carbons (Fsp3) is 1.00. The highest BCUT2D eigenvalue weighted by Gasteiger charge is 2.24. The molecule has 1 saturated carbocycles. The molecule has 1 saturated heterocycles. The van der Waals surface area contributed by atoms with Crippen LogP contribution >= 0.6 is 0 Å². The monoisotopic (exact) mass is 225 g/mol. The molecule has 0 bridgehead atoms. The number of hydrogen-bond donors (Lipinski definition) is 1. The average Bonchev–Trinajstić information content (AvgIpc) is 2.65. The SMILES string of the molecule is CC1CCCC(CNCC2CCOC2C)C1. The van der Waals surface area contributed by atoms with Crippen LogP contribution < -0.4 is 5.32 Å². The van der Waals surface area contributed by atoms with Crippen molar-refractivity contribution in [3.63, 3.8) is 0 Å². The smallest absolute Gasteiger partial charge is 0.0588 e. The van der Waals surface area contributed by atoms with E-state index < -0.39 is 0 Å². The number of ether oxygens (including phenoxy) is 1. The molecular formula is C14H27NO. The van der Waals surface area contributed by atoms with Gasteiger partial charge in [-0.1, -0.05) is 19.8 Å². The first kappa shape index (κ1) is 12.4. The molecule has 1 aliphatic carbocycles. The van der Waals surface area contributed by atoms with Gasteiger partial charge in [-0.05, 0) is 50.5 Å². The Labute approximate surface area is 100 Å². The first-order chi connectivity index (χ1) is 7.75. The van der Waals surface area contributed by atoms with Crippen LogP contribution in [0.25, 0.3) is 0 Å². The van der Waals surface area contributed by atoms with Gasteiger partial charge in [0.1, 0.15) is 0 Å². The highest BCUT2D eigenvalue weighted by molar-refractivity contribution is 4.77. The molecule has 16 heavy (non-hydrogen) atoms. The molecule has 4 unspecified atom stereocenters. The van der Waals surface area contributed by atoms with E-state index in [-0.39, 0.29) is 0 Å². The molecule has 2 nitrogen and oxygen atoms in total. The predicted octanol–water partition coefficient (Wildman–Crippen LogP) is 2.83. The molecular weight excluding hydrogens is 198 g/mol. The molecule has 2 aliphatic rings. The quantitative estimate of drug-likeness (QED) is 0.794. The average molecular weight is 225 g/mol. The van der Waals surface area contributed by atoms with E-state index in [2.05, 4.69) is 19.2 Å². The highest BCUT2D eigenvalue weighted by atomic mass is 16.5. The standard InChI is InChI=1S/C14H27NO/c1-11-4-3-5-13(8-11)9-15-10-14-6-7-16-12(14)2/h11-15H,3-10H2,1-2H3. The van der Waals surface area contributed by atoms with Crippen LogP contribution in [0, 0.1) is 17.8 Å². The second kappa shape index (κ2) is 6.02. The fourth-order valence-corrected chi connectivity index (χ4v) is 3.26. The summed E-state index contributed by atoms with van der Waals surface area (Å²) in [6, 6.07) is 0. The van der Waals surface area contributed by atoms with Crippen molar-refractivity contribution in [2.75, 3.05) is 19.7 Å². The first-order valence-corrected chi connectivity index (χ1v) is 7.08. The number of hydrogen-bond acceptors (Lipinski definition) is 2. The van der Waals surface area contributed by atoms with E-state index in [0.717, 1.165) is 30.9 Å². The van der Waals surface area contributed by atoms with Crippen molar-refractivity contribution < 1.29 is 4.74 Å². The summed E-state index contributed by atoms with van der Waals surface area (Å²) in [6.45, 7) is 7.97. The zero-order chi connectivity index (χ0) is 11.4. The zero-order valence-corrected chi connectivity index (χ0v) is 10.9. The van der Waals surface area contributed by atoms with Gasteiger partial charge in [0.2, 0.25) is 0 Å². The van der Waals surface area contributed by atoms with E-state index in [4.69, 9.17) is 4.74 Å². The topological polar surface area (TPSA) is 21.3 Å². The lowest BCUT2D eigenvalue weighted by atomic mass is 9.82. The van der Waals surface area contributed by atoms with Crippen LogP contribution in [0.1, 0.15) is 46.0 Å². The van der Waals surface area contributed by atoms with Crippen molar-refractivity contribution in [1.29, 1.82) is 0 Å². The van der Waals surface area contributed by atoms with Crippen LogP contribution in [-0.4, -0.2) is 25.8 Å². The second-order valence-electron chi connectivity index (χ2n) is 5.92. The summed E-state index contributed by atoms with van der Waals surface area (Å²) in [5.41, 5.74) is 0. The van der Waals surface area contributed by atoms with Gasteiger partial charge in [0.15, 0.2) is 0 Å². The molecule has 0 spiro atoms. The summed E-state index contributed by atoms with van der Waals surface area (Å²) < 4.78 is 5.59. The van der Waals surface area contributed by atoms with Crippen LogP contribution in [0.5, 0.6) is 0 Å². The molecule has 0 radical (unpaired) electrons. The van der Waals surface area contributed by atoms with Crippen molar-refractivity contribution in [2.24, 2.45) is 17.8 Å². The molecule has 94 valence electrons. The Bertz CT molecular complexity index is 207. The van der Waals surface area contributed by atoms with Gasteiger partial charge >= 0.3 is 0 Å². The van der Waals surface area contributed by atoms with E-state index in [0.29, 0.717) is 6.10 Å². The van der Waals surface area contributed by atoms with Gasteiger partial charge in [-0.3, -0.25) is 0 Å². The maximum absolute atomic E-state index is 5.59. The molecule has 4 atom stereocenters. The van der Waals surface area contributed by atoms with Crippen molar-refractivity contribution in [2.45, 2.75) is 52.1 Å². The molecule has 1 N–H and O–H groups in total. The third-order valence-electron chi connectivity index (χ3n) is 4.42. The second-order valence-corrected chi connectivity index (χ2v) is 5.92. The van der Waals surface area contributed by atoms with E-state index in [1.54, 1.807) is 0 Å². The predicted molar refractivity (Wildman–Crippen MR) is 67.5 cm³/mol. The Morgan fingerprint density at radius 2 is 2.00 bits per heavy atom. The molecule has 1 heterocycles. The molecule has 2 rings (SSSR count). The van der Waals surface area contributed by atoms with Gasteiger partial charge in [0.05, 0.1) is 6.10 Å². The molecule has 2 fully saturated rings. The van der Waals surface area contributed by atoms with Crippen molar-refractivity contribution in [1.82, 2.24) is 5.32 Å². The highest BCUT2D eigenvalue weighted by Crippen LogP contribution is 2.28. The zero-order valence-electron chi connectivity index (χ0n) is 10.9. The lowest BCUT2D eigenvalue weighted by molar-refractivity contribution is 0.105. The van der Waals surface area contributed by atoms with Crippen LogP contribution in [0.4, 0.5) is 0 Å². The summed E-state index contributed by atoms with van der Waals surface area (Å²) in [7, 11) is 0. The number of rotatable bonds is 4. The minimum Gasteiger partial charge on any atom is -0.378 e. The molecule has 0 aromatic heterocycles. The molecule has 0 amide bonds. The Kier molecular flexibility index (Phi) is 4.66. The summed E-state index contributed by atoms with van der Waals surface area (Å²) in [4.78, 5) is 0. The third-order valence-corrected chi connectivity index (χ3v) is 4.42. The lowest BCUT2D eigenvalue weighted by Crippen LogP contribution is -2.32. The Morgan fingerprint density at radius 3 is 2.69 bits per heavy atom. The summed E-state index contributed by atoms with van der Waals surface area (Å²) in [6.07, 6.45) is 7.48. The molecule has 0 aromatic carbocycles. The lowest BCUT2D eigenvalue weighted by Gasteiger charge is -2.27. The van der Waals surface area contributed by atoms with Crippen LogP contribution in [0.2, 0.25) is 0 Å². The fourth-order valence-electron chi connectivity index (χ4n) is 3.26. The van der Waals surface area contributed by atoms with Crippen molar-refractivity contribution in [3.05, 3.63) is 0 Å². The van der Waals surface area contributed by atoms with E-state index in [1.165, 1.54) is 38.6 Å². The molecule has 2 heteroatoms. The normalized spacial score (nSPS) is 40.1. The van der Waals surface area contributed by atoms with Gasteiger partial charge in [-0.25, -0.2) is 0 Å². The van der Waals surface area contributed by atoms with Crippen LogP contribution in [0.3, 0.4) is 0 Å². The Balaban J connectivity index is 1.60. The first-order valence-electron chi connectivity index (χ1n) is 7.08. The van der Waals surface area contributed by atoms with Gasteiger partial charge < -0.3 is 10.1 Å². The van der Waals surface area contributed by atoms with Crippen molar-refractivity contribution >= 4 is 0 Å². The van der Waals surface area contributed by atoms with E-state index in [9.17, 15) is 0 Å². The van der Waals surface area contributed by atoms with Crippen LogP contribution in [0.15, 0.2) is 0 Å². The van der Waals surface area contributed by atoms with E-state index in [1.807, 2.05) is 0 Å². The minimum absolute atomic E-state index is 0.470. The maximum Gasteiger partial charge on any atom is 0.0588 e. The van der Waals surface area contributed by atoms with Gasteiger partial charge in [0, 0.05) is 13.2 Å². The third kappa shape index (κ3) is 3.46. The van der Waals surface area contributed by atoms with Crippen molar-refractivity contribution in [3.8, 4) is 0 Å². The van der Waals surface area contributed by atoms with Gasteiger partial charge in [-0.15, -0.1) is 0 Å². The minimum atomic E-state index is 0.470. The number of nitrogens with one attached hydrogen (secondary N) is 1. The van der Waals surface area contributed by atoms with Crippen LogP contribution in [-0.2, 0) is 4.74 Å². The summed E-state index contributed by atoms with van der Waals surface area (Å²) in [5.74, 6) is 2.64. The Morgan fingerprint density at radius 1 is 1.12 bits per heavy atom. The molecule has 1 aliphatic heterocycles. The summed E-state index contributed by atoms with van der Waals surface area (Å²) in [5, 5.41) is 3.67.